The lowest BCUT2D eigenvalue weighted by atomic mass is 10.1. The molecule has 152 valence electrons. The first kappa shape index (κ1) is 20.5. The Labute approximate surface area is 171 Å². The van der Waals surface area contributed by atoms with Crippen LogP contribution in [0.25, 0.3) is 0 Å². The van der Waals surface area contributed by atoms with Crippen molar-refractivity contribution in [3.8, 4) is 11.5 Å². The Kier molecular flexibility index (Phi) is 6.54. The van der Waals surface area contributed by atoms with Crippen LogP contribution in [0, 0.1) is 13.8 Å². The fourth-order valence-electron chi connectivity index (χ4n) is 3.18. The number of amides is 1. The summed E-state index contributed by atoms with van der Waals surface area (Å²) in [4.78, 5) is 14.7. The van der Waals surface area contributed by atoms with Gasteiger partial charge < -0.3 is 14.4 Å². The van der Waals surface area contributed by atoms with E-state index in [2.05, 4.69) is 17.2 Å². The summed E-state index contributed by atoms with van der Waals surface area (Å²) in [7, 11) is 3.41. The highest BCUT2D eigenvalue weighted by Gasteiger charge is 2.21. The summed E-state index contributed by atoms with van der Waals surface area (Å²) >= 11 is 0. The van der Waals surface area contributed by atoms with Crippen molar-refractivity contribution >= 4 is 5.91 Å². The number of likely N-dealkylation sites (N-methyl/N-ethyl adjacent to an activating group) is 1. The predicted molar refractivity (Wildman–Crippen MR) is 113 cm³/mol. The van der Waals surface area contributed by atoms with Gasteiger partial charge in [0.05, 0.1) is 31.5 Å². The molecule has 0 aliphatic carbocycles. The molecule has 3 rings (SSSR count). The van der Waals surface area contributed by atoms with Gasteiger partial charge in [-0.3, -0.25) is 9.48 Å². The highest BCUT2D eigenvalue weighted by atomic mass is 16.5. The lowest BCUT2D eigenvalue weighted by molar-refractivity contribution is 0.0772. The molecular formula is C23H27N3O3. The number of methoxy groups -OCH3 is 1. The third kappa shape index (κ3) is 4.96. The van der Waals surface area contributed by atoms with Crippen molar-refractivity contribution in [2.75, 3.05) is 27.3 Å². The van der Waals surface area contributed by atoms with E-state index in [1.54, 1.807) is 19.1 Å². The number of rotatable bonds is 8. The molecule has 6 nitrogen and oxygen atoms in total. The van der Waals surface area contributed by atoms with E-state index >= 15 is 0 Å². The lowest BCUT2D eigenvalue weighted by Crippen LogP contribution is -2.31. The monoisotopic (exact) mass is 393 g/mol. The van der Waals surface area contributed by atoms with E-state index in [0.29, 0.717) is 25.3 Å². The maximum atomic E-state index is 13.0. The summed E-state index contributed by atoms with van der Waals surface area (Å²) in [6, 6.07) is 17.5. The maximum Gasteiger partial charge on any atom is 0.257 e. The summed E-state index contributed by atoms with van der Waals surface area (Å²) in [5, 5.41) is 4.58. The van der Waals surface area contributed by atoms with E-state index in [9.17, 15) is 4.79 Å². The highest BCUT2D eigenvalue weighted by molar-refractivity contribution is 5.96. The highest BCUT2D eigenvalue weighted by Crippen LogP contribution is 2.18. The van der Waals surface area contributed by atoms with E-state index in [1.165, 1.54) is 0 Å². The van der Waals surface area contributed by atoms with Crippen molar-refractivity contribution in [3.05, 3.63) is 77.1 Å². The van der Waals surface area contributed by atoms with Gasteiger partial charge in [0, 0.05) is 12.7 Å². The SMILES string of the molecule is COc1ccc(OCCN(C)C(=O)c2c(C)nn(Cc3ccccc3)c2C)cc1. The minimum absolute atomic E-state index is 0.0438. The topological polar surface area (TPSA) is 56.6 Å². The molecular weight excluding hydrogens is 366 g/mol. The van der Waals surface area contributed by atoms with Crippen LogP contribution in [0.4, 0.5) is 0 Å². The molecule has 0 unspecified atom stereocenters. The maximum absolute atomic E-state index is 13.0. The van der Waals surface area contributed by atoms with Crippen LogP contribution in [0.5, 0.6) is 11.5 Å². The second kappa shape index (κ2) is 9.28. The molecule has 0 aliphatic rings. The minimum Gasteiger partial charge on any atom is -0.497 e. The number of aryl methyl sites for hydroxylation is 1. The zero-order valence-electron chi connectivity index (χ0n) is 17.4. The van der Waals surface area contributed by atoms with Crippen molar-refractivity contribution in [1.29, 1.82) is 0 Å². The van der Waals surface area contributed by atoms with Crippen LogP contribution in [0.1, 0.15) is 27.3 Å². The van der Waals surface area contributed by atoms with Crippen LogP contribution >= 0.6 is 0 Å². The number of ether oxygens (including phenoxy) is 2. The summed E-state index contributed by atoms with van der Waals surface area (Å²) in [5.74, 6) is 1.48. The number of nitrogens with zero attached hydrogens (tertiary/aromatic N) is 3. The van der Waals surface area contributed by atoms with Gasteiger partial charge in [-0.2, -0.15) is 5.10 Å². The Hall–Kier alpha value is -3.28. The van der Waals surface area contributed by atoms with Crippen LogP contribution in [0.3, 0.4) is 0 Å². The molecule has 6 heteroatoms. The zero-order chi connectivity index (χ0) is 20.8. The third-order valence-corrected chi connectivity index (χ3v) is 4.87. The molecule has 0 fully saturated rings. The van der Waals surface area contributed by atoms with Crippen LogP contribution in [0.15, 0.2) is 54.6 Å². The molecule has 0 atom stereocenters. The normalized spacial score (nSPS) is 10.6. The van der Waals surface area contributed by atoms with Gasteiger partial charge in [-0.05, 0) is 43.7 Å². The molecule has 1 heterocycles. The van der Waals surface area contributed by atoms with Crippen molar-refractivity contribution in [2.24, 2.45) is 0 Å². The van der Waals surface area contributed by atoms with Crippen LogP contribution < -0.4 is 9.47 Å². The van der Waals surface area contributed by atoms with Gasteiger partial charge >= 0.3 is 0 Å². The van der Waals surface area contributed by atoms with E-state index in [0.717, 1.165) is 28.5 Å². The molecule has 0 aliphatic heterocycles. The first-order valence-corrected chi connectivity index (χ1v) is 9.60. The number of hydrogen-bond donors (Lipinski definition) is 0. The predicted octanol–water partition coefficient (Wildman–Crippen LogP) is 3.71. The molecule has 0 radical (unpaired) electrons. The second-order valence-corrected chi connectivity index (χ2v) is 6.94. The minimum atomic E-state index is -0.0438. The third-order valence-electron chi connectivity index (χ3n) is 4.87. The summed E-state index contributed by atoms with van der Waals surface area (Å²) in [5.41, 5.74) is 3.43. The van der Waals surface area contributed by atoms with E-state index in [4.69, 9.17) is 9.47 Å². The average molecular weight is 393 g/mol. The molecule has 2 aromatic carbocycles. The number of hydrogen-bond acceptors (Lipinski definition) is 4. The average Bonchev–Trinajstić information content (AvgIpc) is 3.01. The summed E-state index contributed by atoms with van der Waals surface area (Å²) in [6.07, 6.45) is 0. The van der Waals surface area contributed by atoms with Crippen LogP contribution in [0.2, 0.25) is 0 Å². The number of carbonyl (C=O) groups excluding carboxylic acids is 1. The van der Waals surface area contributed by atoms with Crippen molar-refractivity contribution in [1.82, 2.24) is 14.7 Å². The first-order valence-electron chi connectivity index (χ1n) is 9.60. The molecule has 3 aromatic rings. The van der Waals surface area contributed by atoms with Gasteiger partial charge in [-0.1, -0.05) is 30.3 Å². The van der Waals surface area contributed by atoms with Crippen molar-refractivity contribution < 1.29 is 14.3 Å². The Morgan fingerprint density at radius 2 is 1.69 bits per heavy atom. The summed E-state index contributed by atoms with van der Waals surface area (Å²) in [6.45, 7) is 5.35. The van der Waals surface area contributed by atoms with E-state index < -0.39 is 0 Å². The first-order chi connectivity index (χ1) is 14.0. The lowest BCUT2D eigenvalue weighted by Gasteiger charge is -2.18. The number of aromatic nitrogens is 2. The van der Waals surface area contributed by atoms with Crippen LogP contribution in [-0.4, -0.2) is 47.9 Å². The van der Waals surface area contributed by atoms with Crippen LogP contribution in [-0.2, 0) is 6.54 Å². The fraction of sp³-hybridized carbons (Fsp3) is 0.304. The van der Waals surface area contributed by atoms with E-state index in [1.807, 2.05) is 61.0 Å². The number of benzene rings is 2. The fourth-order valence-corrected chi connectivity index (χ4v) is 3.18. The molecule has 0 saturated heterocycles. The Balaban J connectivity index is 1.61. The van der Waals surface area contributed by atoms with Gasteiger partial charge in [-0.25, -0.2) is 0 Å². The molecule has 29 heavy (non-hydrogen) atoms. The van der Waals surface area contributed by atoms with Gasteiger partial charge in [0.25, 0.3) is 5.91 Å². The summed E-state index contributed by atoms with van der Waals surface area (Å²) < 4.78 is 12.8. The Morgan fingerprint density at radius 1 is 1.03 bits per heavy atom. The van der Waals surface area contributed by atoms with Gasteiger partial charge in [0.2, 0.25) is 0 Å². The smallest absolute Gasteiger partial charge is 0.257 e. The Morgan fingerprint density at radius 3 is 2.34 bits per heavy atom. The number of carbonyl (C=O) groups is 1. The zero-order valence-corrected chi connectivity index (χ0v) is 17.4. The van der Waals surface area contributed by atoms with Gasteiger partial charge in [-0.15, -0.1) is 0 Å². The van der Waals surface area contributed by atoms with Crippen molar-refractivity contribution in [2.45, 2.75) is 20.4 Å². The molecule has 1 aromatic heterocycles. The van der Waals surface area contributed by atoms with Gasteiger partial charge in [0.15, 0.2) is 0 Å². The molecule has 0 N–H and O–H groups in total. The van der Waals surface area contributed by atoms with Crippen molar-refractivity contribution in [3.63, 3.8) is 0 Å². The molecule has 0 bridgehead atoms. The van der Waals surface area contributed by atoms with Gasteiger partial charge in [0.1, 0.15) is 18.1 Å². The molecule has 1 amide bonds. The quantitative estimate of drug-likeness (QED) is 0.585. The standard InChI is InChI=1S/C23H27N3O3/c1-17-22(18(2)26(24-17)16-19-8-6-5-7-9-19)23(27)25(3)14-15-29-21-12-10-20(28-4)11-13-21/h5-13H,14-16H2,1-4H3. The second-order valence-electron chi connectivity index (χ2n) is 6.94. The Bertz CT molecular complexity index is 950. The molecule has 0 spiro atoms. The molecule has 0 saturated carbocycles. The largest absolute Gasteiger partial charge is 0.497 e. The van der Waals surface area contributed by atoms with E-state index in [-0.39, 0.29) is 5.91 Å².